The Morgan fingerprint density at radius 2 is 1.96 bits per heavy atom. The van der Waals surface area contributed by atoms with E-state index >= 15 is 0 Å². The molecule has 1 saturated carbocycles. The number of halogens is 1. The summed E-state index contributed by atoms with van der Waals surface area (Å²) >= 11 is 0. The third-order valence-electron chi connectivity index (χ3n) is 5.89. The first-order chi connectivity index (χ1) is 11.6. The summed E-state index contributed by atoms with van der Waals surface area (Å²) in [6.07, 6.45) is 6.29. The lowest BCUT2D eigenvalue weighted by Crippen LogP contribution is -2.46. The lowest BCUT2D eigenvalue weighted by molar-refractivity contribution is -0.127. The number of nitrogens with zero attached hydrogens (tertiary/aromatic N) is 1. The highest BCUT2D eigenvalue weighted by molar-refractivity contribution is 5.88. The number of hydrogen-bond acceptors (Lipinski definition) is 2. The largest absolute Gasteiger partial charge is 0.355 e. The summed E-state index contributed by atoms with van der Waals surface area (Å²) in [6.45, 7) is 6.31. The summed E-state index contributed by atoms with van der Waals surface area (Å²) in [5, 5.41) is 3.23. The number of nitrogens with one attached hydrogen (secondary N) is 1. The standard InChI is InChI=1S/C20H29FN2O/c1-2-23-13-5-6-16(15-23)14-22-19(24)20(11-3-4-12-20)17-7-9-18(21)10-8-17/h7-10,16H,2-6,11-15H2,1H3,(H,22,24)/t16-/m1/s1. The average molecular weight is 332 g/mol. The van der Waals surface area contributed by atoms with Gasteiger partial charge in [-0.15, -0.1) is 0 Å². The topological polar surface area (TPSA) is 32.3 Å². The second kappa shape index (κ2) is 7.64. The van der Waals surface area contributed by atoms with Crippen LogP contribution in [-0.4, -0.2) is 37.0 Å². The minimum atomic E-state index is -0.452. The highest BCUT2D eigenvalue weighted by atomic mass is 19.1. The van der Waals surface area contributed by atoms with Crippen LogP contribution < -0.4 is 5.32 Å². The monoisotopic (exact) mass is 332 g/mol. The Kier molecular flexibility index (Phi) is 5.54. The van der Waals surface area contributed by atoms with Gasteiger partial charge in [0.15, 0.2) is 0 Å². The molecule has 1 heterocycles. The molecule has 1 atom stereocenters. The van der Waals surface area contributed by atoms with Crippen LogP contribution in [-0.2, 0) is 10.2 Å². The average Bonchev–Trinajstić information content (AvgIpc) is 3.11. The first kappa shape index (κ1) is 17.4. The normalized spacial score (nSPS) is 24.0. The van der Waals surface area contributed by atoms with Gasteiger partial charge < -0.3 is 10.2 Å². The zero-order valence-corrected chi connectivity index (χ0v) is 14.7. The SMILES string of the molecule is CCN1CCC[C@H](CNC(=O)C2(c3ccc(F)cc3)CCCC2)C1. The predicted molar refractivity (Wildman–Crippen MR) is 94.4 cm³/mol. The first-order valence-electron chi connectivity index (χ1n) is 9.41. The molecule has 1 aliphatic heterocycles. The van der Waals surface area contributed by atoms with E-state index in [4.69, 9.17) is 0 Å². The lowest BCUT2D eigenvalue weighted by Gasteiger charge is -2.33. The van der Waals surface area contributed by atoms with E-state index in [0.717, 1.165) is 50.9 Å². The molecule has 1 aromatic rings. The summed E-state index contributed by atoms with van der Waals surface area (Å²) in [6, 6.07) is 6.53. The van der Waals surface area contributed by atoms with E-state index in [1.54, 1.807) is 12.1 Å². The molecule has 132 valence electrons. The molecule has 0 bridgehead atoms. The third kappa shape index (κ3) is 3.64. The molecule has 2 fully saturated rings. The number of benzene rings is 1. The molecule has 4 heteroatoms. The van der Waals surface area contributed by atoms with E-state index in [0.29, 0.717) is 5.92 Å². The number of hydrogen-bond donors (Lipinski definition) is 1. The highest BCUT2D eigenvalue weighted by Crippen LogP contribution is 2.41. The van der Waals surface area contributed by atoms with Crippen LogP contribution in [0.1, 0.15) is 51.0 Å². The minimum Gasteiger partial charge on any atom is -0.355 e. The van der Waals surface area contributed by atoms with Crippen molar-refractivity contribution < 1.29 is 9.18 Å². The van der Waals surface area contributed by atoms with Gasteiger partial charge in [0.05, 0.1) is 5.41 Å². The predicted octanol–water partition coefficient (Wildman–Crippen LogP) is 3.49. The molecule has 0 radical (unpaired) electrons. The Morgan fingerprint density at radius 3 is 2.62 bits per heavy atom. The Labute approximate surface area is 144 Å². The van der Waals surface area contributed by atoms with Crippen molar-refractivity contribution in [2.75, 3.05) is 26.2 Å². The van der Waals surface area contributed by atoms with Crippen LogP contribution >= 0.6 is 0 Å². The van der Waals surface area contributed by atoms with Crippen LogP contribution in [0.5, 0.6) is 0 Å². The summed E-state index contributed by atoms with van der Waals surface area (Å²) in [5.41, 5.74) is 0.519. The van der Waals surface area contributed by atoms with E-state index in [1.165, 1.54) is 31.5 Å². The van der Waals surface area contributed by atoms with Gasteiger partial charge in [-0.2, -0.15) is 0 Å². The quantitative estimate of drug-likeness (QED) is 0.895. The Hall–Kier alpha value is -1.42. The van der Waals surface area contributed by atoms with Crippen molar-refractivity contribution in [3.05, 3.63) is 35.6 Å². The van der Waals surface area contributed by atoms with E-state index < -0.39 is 5.41 Å². The van der Waals surface area contributed by atoms with Crippen LogP contribution in [0.3, 0.4) is 0 Å². The molecular weight excluding hydrogens is 303 g/mol. The van der Waals surface area contributed by atoms with Crippen LogP contribution in [0, 0.1) is 11.7 Å². The van der Waals surface area contributed by atoms with Crippen LogP contribution in [0.4, 0.5) is 4.39 Å². The summed E-state index contributed by atoms with van der Waals surface area (Å²) in [7, 11) is 0. The molecule has 24 heavy (non-hydrogen) atoms. The van der Waals surface area contributed by atoms with Gasteiger partial charge in [0.25, 0.3) is 0 Å². The lowest BCUT2D eigenvalue weighted by atomic mass is 9.78. The Bertz CT molecular complexity index is 551. The molecule has 0 spiro atoms. The van der Waals surface area contributed by atoms with E-state index in [1.807, 2.05) is 0 Å². The maximum absolute atomic E-state index is 13.3. The van der Waals surface area contributed by atoms with Crippen molar-refractivity contribution >= 4 is 5.91 Å². The van der Waals surface area contributed by atoms with Gasteiger partial charge in [-0.3, -0.25) is 4.79 Å². The summed E-state index contributed by atoms with van der Waals surface area (Å²) in [5.74, 6) is 0.448. The molecule has 3 rings (SSSR count). The second-order valence-corrected chi connectivity index (χ2v) is 7.41. The zero-order valence-electron chi connectivity index (χ0n) is 14.7. The number of rotatable bonds is 5. The maximum Gasteiger partial charge on any atom is 0.230 e. The van der Waals surface area contributed by atoms with Crippen molar-refractivity contribution in [2.45, 2.75) is 50.9 Å². The molecule has 1 N–H and O–H groups in total. The van der Waals surface area contributed by atoms with Crippen molar-refractivity contribution in [3.63, 3.8) is 0 Å². The van der Waals surface area contributed by atoms with Crippen LogP contribution in [0.25, 0.3) is 0 Å². The van der Waals surface area contributed by atoms with Crippen molar-refractivity contribution in [2.24, 2.45) is 5.92 Å². The van der Waals surface area contributed by atoms with Crippen molar-refractivity contribution in [3.8, 4) is 0 Å². The summed E-state index contributed by atoms with van der Waals surface area (Å²) in [4.78, 5) is 15.5. The molecule has 0 unspecified atom stereocenters. The number of amides is 1. The van der Waals surface area contributed by atoms with Crippen molar-refractivity contribution in [1.82, 2.24) is 10.2 Å². The smallest absolute Gasteiger partial charge is 0.230 e. The highest BCUT2D eigenvalue weighted by Gasteiger charge is 2.42. The van der Waals surface area contributed by atoms with Crippen molar-refractivity contribution in [1.29, 1.82) is 0 Å². The van der Waals surface area contributed by atoms with Gasteiger partial charge in [-0.25, -0.2) is 4.39 Å². The molecule has 0 aromatic heterocycles. The second-order valence-electron chi connectivity index (χ2n) is 7.41. The summed E-state index contributed by atoms with van der Waals surface area (Å²) < 4.78 is 13.3. The van der Waals surface area contributed by atoms with Gasteiger partial charge in [0.1, 0.15) is 5.82 Å². The molecule has 1 saturated heterocycles. The third-order valence-corrected chi connectivity index (χ3v) is 5.89. The van der Waals surface area contributed by atoms with E-state index in [-0.39, 0.29) is 11.7 Å². The molecule has 1 aromatic carbocycles. The minimum absolute atomic E-state index is 0.139. The van der Waals surface area contributed by atoms with Gasteiger partial charge in [0.2, 0.25) is 5.91 Å². The number of piperidine rings is 1. The number of carbonyl (C=O) groups is 1. The van der Waals surface area contributed by atoms with Gasteiger partial charge in [-0.05, 0) is 62.4 Å². The maximum atomic E-state index is 13.3. The molecule has 1 amide bonds. The van der Waals surface area contributed by atoms with E-state index in [9.17, 15) is 9.18 Å². The fourth-order valence-electron chi connectivity index (χ4n) is 4.41. The van der Waals surface area contributed by atoms with Crippen LogP contribution in [0.2, 0.25) is 0 Å². The fraction of sp³-hybridized carbons (Fsp3) is 0.650. The molecular formula is C20H29FN2O. The molecule has 2 aliphatic rings. The fourth-order valence-corrected chi connectivity index (χ4v) is 4.41. The van der Waals surface area contributed by atoms with E-state index in [2.05, 4.69) is 17.1 Å². The zero-order chi connectivity index (χ0) is 17.0. The Morgan fingerprint density at radius 1 is 1.25 bits per heavy atom. The van der Waals surface area contributed by atoms with Gasteiger partial charge >= 0.3 is 0 Å². The molecule has 3 nitrogen and oxygen atoms in total. The number of carbonyl (C=O) groups excluding carboxylic acids is 1. The first-order valence-corrected chi connectivity index (χ1v) is 9.41. The van der Waals surface area contributed by atoms with Gasteiger partial charge in [0, 0.05) is 13.1 Å². The van der Waals surface area contributed by atoms with Gasteiger partial charge in [-0.1, -0.05) is 31.9 Å². The Balaban J connectivity index is 1.66. The number of likely N-dealkylation sites (tertiary alicyclic amines) is 1. The molecule has 1 aliphatic carbocycles. The van der Waals surface area contributed by atoms with Crippen LogP contribution in [0.15, 0.2) is 24.3 Å².